The molecule has 0 radical (unpaired) electrons. The second-order valence-electron chi connectivity index (χ2n) is 7.59. The molecule has 2 saturated heterocycles. The summed E-state index contributed by atoms with van der Waals surface area (Å²) in [5.41, 5.74) is 0.739. The molecule has 2 amide bonds. The van der Waals surface area contributed by atoms with Crippen LogP contribution in [0.5, 0.6) is 0 Å². The van der Waals surface area contributed by atoms with Gasteiger partial charge >= 0.3 is 0 Å². The maximum absolute atomic E-state index is 12.9. The minimum atomic E-state index is -3.08. The maximum Gasteiger partial charge on any atom is 0.255 e. The molecule has 0 aliphatic carbocycles. The molecule has 3 heterocycles. The van der Waals surface area contributed by atoms with Gasteiger partial charge in [-0.1, -0.05) is 6.92 Å². The van der Waals surface area contributed by atoms with Crippen molar-refractivity contribution in [2.24, 2.45) is 5.92 Å². The average molecular weight is 394 g/mol. The smallest absolute Gasteiger partial charge is 0.255 e. The number of rotatable bonds is 4. The van der Waals surface area contributed by atoms with E-state index in [4.69, 9.17) is 0 Å². The molecule has 2 fully saturated rings. The molecule has 7 nitrogen and oxygen atoms in total. The zero-order chi connectivity index (χ0) is 19.6. The van der Waals surface area contributed by atoms with Gasteiger partial charge in [-0.05, 0) is 38.2 Å². The lowest BCUT2D eigenvalue weighted by molar-refractivity contribution is 0.0696. The van der Waals surface area contributed by atoms with Crippen LogP contribution in [0.1, 0.15) is 53.8 Å². The van der Waals surface area contributed by atoms with Crippen molar-refractivity contribution in [1.82, 2.24) is 14.8 Å². The Labute approximate surface area is 160 Å². The number of nitrogens with zero attached hydrogens (tertiary/aromatic N) is 3. The molecule has 1 unspecified atom stereocenters. The lowest BCUT2D eigenvalue weighted by Gasteiger charge is -2.30. The highest BCUT2D eigenvalue weighted by atomic mass is 32.2. The highest BCUT2D eigenvalue weighted by Crippen LogP contribution is 2.21. The van der Waals surface area contributed by atoms with Gasteiger partial charge in [-0.3, -0.25) is 14.6 Å². The lowest BCUT2D eigenvalue weighted by atomic mass is 9.98. The van der Waals surface area contributed by atoms with Crippen molar-refractivity contribution in [3.8, 4) is 0 Å². The first kappa shape index (κ1) is 19.8. The highest BCUT2D eigenvalue weighted by molar-refractivity contribution is 7.91. The second kappa shape index (κ2) is 7.96. The monoisotopic (exact) mass is 393 g/mol. The SMILES string of the molecule is CCN(C(=O)c1cncc(C(=O)N2CCC(C)CC2)c1)C1CCS(=O)(=O)C1. The van der Waals surface area contributed by atoms with Gasteiger partial charge in [-0.25, -0.2) is 8.42 Å². The summed E-state index contributed by atoms with van der Waals surface area (Å²) in [5.74, 6) is 0.376. The minimum Gasteiger partial charge on any atom is -0.339 e. The molecule has 1 aromatic heterocycles. The standard InChI is InChI=1S/C19H27N3O4S/c1-3-22(17-6-9-27(25,26)13-17)19(24)16-10-15(11-20-12-16)18(23)21-7-4-14(2)5-8-21/h10-12,14,17H,3-9,13H2,1-2H3. The number of amides is 2. The van der Waals surface area contributed by atoms with Crippen molar-refractivity contribution < 1.29 is 18.0 Å². The lowest BCUT2D eigenvalue weighted by Crippen LogP contribution is -2.41. The first-order valence-electron chi connectivity index (χ1n) is 9.56. The Balaban J connectivity index is 1.76. The summed E-state index contributed by atoms with van der Waals surface area (Å²) in [6, 6.07) is 1.28. The maximum atomic E-state index is 12.9. The van der Waals surface area contributed by atoms with Crippen molar-refractivity contribution in [3.63, 3.8) is 0 Å². The highest BCUT2D eigenvalue weighted by Gasteiger charge is 2.34. The third-order valence-corrected chi connectivity index (χ3v) is 7.30. The number of hydrogen-bond acceptors (Lipinski definition) is 5. The van der Waals surface area contributed by atoms with Gasteiger partial charge in [-0.15, -0.1) is 0 Å². The zero-order valence-electron chi connectivity index (χ0n) is 15.9. The minimum absolute atomic E-state index is 0.00456. The summed E-state index contributed by atoms with van der Waals surface area (Å²) in [6.07, 6.45) is 5.37. The fourth-order valence-electron chi connectivity index (χ4n) is 3.82. The number of aromatic nitrogens is 1. The molecule has 8 heteroatoms. The van der Waals surface area contributed by atoms with E-state index in [1.807, 2.05) is 11.8 Å². The summed E-state index contributed by atoms with van der Waals surface area (Å²) in [7, 11) is -3.08. The fourth-order valence-corrected chi connectivity index (χ4v) is 5.55. The summed E-state index contributed by atoms with van der Waals surface area (Å²) in [5, 5.41) is 0. The Bertz CT molecular complexity index is 816. The van der Waals surface area contributed by atoms with Gasteiger partial charge in [0.15, 0.2) is 9.84 Å². The van der Waals surface area contributed by atoms with Crippen molar-refractivity contribution in [2.75, 3.05) is 31.1 Å². The van der Waals surface area contributed by atoms with Gasteiger partial charge in [0.05, 0.1) is 22.6 Å². The van der Waals surface area contributed by atoms with E-state index in [-0.39, 0.29) is 29.4 Å². The molecule has 0 bridgehead atoms. The molecule has 3 rings (SSSR count). The molecule has 1 atom stereocenters. The average Bonchev–Trinajstić information content (AvgIpc) is 3.02. The first-order chi connectivity index (χ1) is 12.8. The van der Waals surface area contributed by atoms with Crippen molar-refractivity contribution in [1.29, 1.82) is 0 Å². The Morgan fingerprint density at radius 3 is 2.44 bits per heavy atom. The number of likely N-dealkylation sites (tertiary alicyclic amines) is 1. The van der Waals surface area contributed by atoms with E-state index in [9.17, 15) is 18.0 Å². The summed E-state index contributed by atoms with van der Waals surface area (Å²) in [6.45, 7) is 5.88. The third-order valence-electron chi connectivity index (χ3n) is 5.55. The predicted octanol–water partition coefficient (Wildman–Crippen LogP) is 1.60. The molecular formula is C19H27N3O4S. The number of hydrogen-bond donors (Lipinski definition) is 0. The van der Waals surface area contributed by atoms with Crippen LogP contribution in [0.2, 0.25) is 0 Å². The van der Waals surface area contributed by atoms with E-state index < -0.39 is 9.84 Å². The van der Waals surface area contributed by atoms with Crippen LogP contribution in [-0.4, -0.2) is 72.2 Å². The molecule has 0 saturated carbocycles. The van der Waals surface area contributed by atoms with Crippen LogP contribution < -0.4 is 0 Å². The molecule has 148 valence electrons. The largest absolute Gasteiger partial charge is 0.339 e. The summed E-state index contributed by atoms with van der Waals surface area (Å²) in [4.78, 5) is 33.2. The van der Waals surface area contributed by atoms with E-state index in [0.717, 1.165) is 25.9 Å². The predicted molar refractivity (Wildman–Crippen MR) is 102 cm³/mol. The Morgan fingerprint density at radius 1 is 1.19 bits per heavy atom. The molecule has 0 N–H and O–H groups in total. The van der Waals surface area contributed by atoms with Crippen molar-refractivity contribution in [3.05, 3.63) is 29.6 Å². The van der Waals surface area contributed by atoms with E-state index in [2.05, 4.69) is 11.9 Å². The van der Waals surface area contributed by atoms with E-state index in [0.29, 0.717) is 30.0 Å². The van der Waals surface area contributed by atoms with Crippen LogP contribution in [-0.2, 0) is 9.84 Å². The van der Waals surface area contributed by atoms with Gasteiger partial charge in [0, 0.05) is 38.1 Å². The van der Waals surface area contributed by atoms with E-state index in [1.54, 1.807) is 11.0 Å². The van der Waals surface area contributed by atoms with E-state index >= 15 is 0 Å². The van der Waals surface area contributed by atoms with Gasteiger partial charge < -0.3 is 9.80 Å². The molecule has 1 aromatic rings. The Morgan fingerprint density at radius 2 is 1.85 bits per heavy atom. The summed E-state index contributed by atoms with van der Waals surface area (Å²) >= 11 is 0. The number of carbonyl (C=O) groups excluding carboxylic acids is 2. The molecule has 27 heavy (non-hydrogen) atoms. The molecule has 0 aromatic carbocycles. The van der Waals surface area contributed by atoms with Gasteiger partial charge in [0.2, 0.25) is 0 Å². The Kier molecular flexibility index (Phi) is 5.83. The summed E-state index contributed by atoms with van der Waals surface area (Å²) < 4.78 is 23.5. The number of sulfone groups is 1. The normalized spacial score (nSPS) is 22.6. The third kappa shape index (κ3) is 4.48. The van der Waals surface area contributed by atoms with Crippen LogP contribution in [0, 0.1) is 5.92 Å². The second-order valence-corrected chi connectivity index (χ2v) is 9.81. The molecule has 2 aliphatic rings. The van der Waals surface area contributed by atoms with Crippen LogP contribution in [0.15, 0.2) is 18.5 Å². The van der Waals surface area contributed by atoms with Crippen molar-refractivity contribution >= 4 is 21.7 Å². The van der Waals surface area contributed by atoms with Crippen LogP contribution in [0.3, 0.4) is 0 Å². The van der Waals surface area contributed by atoms with Crippen LogP contribution >= 0.6 is 0 Å². The number of piperidine rings is 1. The quantitative estimate of drug-likeness (QED) is 0.775. The first-order valence-corrected chi connectivity index (χ1v) is 11.4. The zero-order valence-corrected chi connectivity index (χ0v) is 16.7. The number of pyridine rings is 1. The van der Waals surface area contributed by atoms with Gasteiger partial charge in [0.25, 0.3) is 11.8 Å². The molecule has 0 spiro atoms. The Hall–Kier alpha value is -1.96. The van der Waals surface area contributed by atoms with Gasteiger partial charge in [-0.2, -0.15) is 0 Å². The van der Waals surface area contributed by atoms with Crippen LogP contribution in [0.25, 0.3) is 0 Å². The van der Waals surface area contributed by atoms with Crippen molar-refractivity contribution in [2.45, 2.75) is 39.2 Å². The fraction of sp³-hybridized carbons (Fsp3) is 0.632. The van der Waals surface area contributed by atoms with Crippen LogP contribution in [0.4, 0.5) is 0 Å². The molecular weight excluding hydrogens is 366 g/mol. The van der Waals surface area contributed by atoms with E-state index in [1.165, 1.54) is 12.4 Å². The topological polar surface area (TPSA) is 87.7 Å². The number of carbonyl (C=O) groups is 2. The van der Waals surface area contributed by atoms with Gasteiger partial charge in [0.1, 0.15) is 0 Å². The molecule has 2 aliphatic heterocycles.